The molecule has 5 heteroatoms. The van der Waals surface area contributed by atoms with Crippen LogP contribution in [0.25, 0.3) is 0 Å². The molecular formula is C14H19F2NOS. The highest BCUT2D eigenvalue weighted by Crippen LogP contribution is 2.22. The smallest absolute Gasteiger partial charge is 0.164 e. The van der Waals surface area contributed by atoms with E-state index >= 15 is 0 Å². The zero-order valence-electron chi connectivity index (χ0n) is 10.8. The number of nitrogens with zero attached hydrogens (tertiary/aromatic N) is 1. The van der Waals surface area contributed by atoms with Crippen LogP contribution in [0.4, 0.5) is 8.78 Å². The highest BCUT2D eigenvalue weighted by molar-refractivity contribution is 7.99. The molecule has 1 atom stereocenters. The molecule has 1 heterocycles. The summed E-state index contributed by atoms with van der Waals surface area (Å²) in [5.41, 5.74) is 0.0594. The van der Waals surface area contributed by atoms with Gasteiger partial charge in [-0.25, -0.2) is 8.78 Å². The maximum atomic E-state index is 13.5. The van der Waals surface area contributed by atoms with Gasteiger partial charge in [-0.2, -0.15) is 11.8 Å². The van der Waals surface area contributed by atoms with Crippen LogP contribution in [-0.4, -0.2) is 41.1 Å². The lowest BCUT2D eigenvalue weighted by atomic mass is 10.1. The quantitative estimate of drug-likeness (QED) is 0.921. The van der Waals surface area contributed by atoms with Gasteiger partial charge < -0.3 is 10.0 Å². The summed E-state index contributed by atoms with van der Waals surface area (Å²) in [6, 6.07) is 3.94. The van der Waals surface area contributed by atoms with E-state index in [1.807, 2.05) is 11.8 Å². The Bertz CT molecular complexity index is 408. The van der Waals surface area contributed by atoms with Crippen LogP contribution in [0.2, 0.25) is 0 Å². The monoisotopic (exact) mass is 287 g/mol. The second-order valence-electron chi connectivity index (χ2n) is 4.76. The van der Waals surface area contributed by atoms with Crippen molar-refractivity contribution in [2.45, 2.75) is 18.9 Å². The summed E-state index contributed by atoms with van der Waals surface area (Å²) < 4.78 is 26.6. The van der Waals surface area contributed by atoms with Crippen LogP contribution >= 0.6 is 11.8 Å². The predicted octanol–water partition coefficient (Wildman–Crippen LogP) is 2.83. The van der Waals surface area contributed by atoms with Crippen molar-refractivity contribution in [3.8, 4) is 0 Å². The van der Waals surface area contributed by atoms with Gasteiger partial charge in [-0.05, 0) is 31.2 Å². The first-order valence-corrected chi connectivity index (χ1v) is 7.76. The molecule has 1 unspecified atom stereocenters. The summed E-state index contributed by atoms with van der Waals surface area (Å²) in [4.78, 5) is 2.28. The minimum Gasteiger partial charge on any atom is -0.388 e. The van der Waals surface area contributed by atoms with E-state index in [0.717, 1.165) is 37.9 Å². The van der Waals surface area contributed by atoms with E-state index in [-0.39, 0.29) is 5.56 Å². The van der Waals surface area contributed by atoms with Gasteiger partial charge in [0.05, 0.1) is 6.10 Å². The fourth-order valence-corrected chi connectivity index (χ4v) is 3.18. The number of hydrogen-bond donors (Lipinski definition) is 1. The number of aliphatic hydroxyl groups is 1. The number of thioether (sulfide) groups is 1. The molecule has 0 aliphatic carbocycles. The molecular weight excluding hydrogens is 268 g/mol. The van der Waals surface area contributed by atoms with Crippen LogP contribution in [-0.2, 0) is 0 Å². The molecule has 106 valence electrons. The third kappa shape index (κ3) is 4.16. The summed E-state index contributed by atoms with van der Waals surface area (Å²) >= 11 is 1.94. The Balaban J connectivity index is 1.89. The predicted molar refractivity (Wildman–Crippen MR) is 74.3 cm³/mol. The third-order valence-electron chi connectivity index (χ3n) is 3.37. The summed E-state index contributed by atoms with van der Waals surface area (Å²) in [5.74, 6) is 0.450. The van der Waals surface area contributed by atoms with E-state index < -0.39 is 17.7 Å². The fourth-order valence-electron chi connectivity index (χ4n) is 2.26. The second kappa shape index (κ2) is 7.22. The van der Waals surface area contributed by atoms with Gasteiger partial charge in [0.2, 0.25) is 0 Å². The first-order valence-electron chi connectivity index (χ1n) is 6.60. The van der Waals surface area contributed by atoms with Crippen molar-refractivity contribution < 1.29 is 13.9 Å². The van der Waals surface area contributed by atoms with Crippen molar-refractivity contribution >= 4 is 11.8 Å². The minimum atomic E-state index is -0.938. The lowest BCUT2D eigenvalue weighted by Crippen LogP contribution is -2.28. The first kappa shape index (κ1) is 14.8. The number of hydrogen-bond acceptors (Lipinski definition) is 3. The molecule has 0 spiro atoms. The van der Waals surface area contributed by atoms with E-state index in [4.69, 9.17) is 0 Å². The SMILES string of the molecule is OC(CCN1CCCSCC1)c1cccc(F)c1F. The molecule has 0 amide bonds. The van der Waals surface area contributed by atoms with Crippen molar-refractivity contribution in [2.24, 2.45) is 0 Å². The highest BCUT2D eigenvalue weighted by Gasteiger charge is 2.17. The van der Waals surface area contributed by atoms with Crippen molar-refractivity contribution in [1.29, 1.82) is 0 Å². The third-order valence-corrected chi connectivity index (χ3v) is 4.42. The van der Waals surface area contributed by atoms with Crippen molar-refractivity contribution in [3.63, 3.8) is 0 Å². The van der Waals surface area contributed by atoms with Gasteiger partial charge in [0.15, 0.2) is 11.6 Å². The van der Waals surface area contributed by atoms with Crippen LogP contribution in [0.5, 0.6) is 0 Å². The van der Waals surface area contributed by atoms with Crippen LogP contribution in [0.3, 0.4) is 0 Å². The van der Waals surface area contributed by atoms with Gasteiger partial charge in [-0.1, -0.05) is 12.1 Å². The Labute approximate surface area is 116 Å². The molecule has 1 aliphatic heterocycles. The Morgan fingerprint density at radius 1 is 1.26 bits per heavy atom. The van der Waals surface area contributed by atoms with Crippen molar-refractivity contribution in [1.82, 2.24) is 4.90 Å². The molecule has 0 bridgehead atoms. The average molecular weight is 287 g/mol. The van der Waals surface area contributed by atoms with Gasteiger partial charge in [0.25, 0.3) is 0 Å². The molecule has 1 aromatic carbocycles. The first-order chi connectivity index (χ1) is 9.18. The molecule has 0 saturated carbocycles. The van der Waals surface area contributed by atoms with Crippen molar-refractivity contribution in [2.75, 3.05) is 31.1 Å². The Morgan fingerprint density at radius 2 is 2.11 bits per heavy atom. The van der Waals surface area contributed by atoms with E-state index in [2.05, 4.69) is 4.90 Å². The molecule has 19 heavy (non-hydrogen) atoms. The summed E-state index contributed by atoms with van der Waals surface area (Å²) in [5, 5.41) is 9.99. The van der Waals surface area contributed by atoms with E-state index in [0.29, 0.717) is 6.42 Å². The molecule has 1 saturated heterocycles. The Morgan fingerprint density at radius 3 is 2.95 bits per heavy atom. The Kier molecular flexibility index (Phi) is 5.60. The van der Waals surface area contributed by atoms with Crippen LogP contribution in [0, 0.1) is 11.6 Å². The minimum absolute atomic E-state index is 0.0594. The number of halogens is 2. The highest BCUT2D eigenvalue weighted by atomic mass is 32.2. The summed E-state index contributed by atoms with van der Waals surface area (Å²) in [6.45, 7) is 2.74. The van der Waals surface area contributed by atoms with Gasteiger partial charge in [-0.3, -0.25) is 0 Å². The van der Waals surface area contributed by atoms with Crippen molar-refractivity contribution in [3.05, 3.63) is 35.4 Å². The molecule has 0 aromatic heterocycles. The maximum Gasteiger partial charge on any atom is 0.164 e. The summed E-state index contributed by atoms with van der Waals surface area (Å²) in [7, 11) is 0. The van der Waals surface area contributed by atoms with E-state index in [9.17, 15) is 13.9 Å². The van der Waals surface area contributed by atoms with Gasteiger partial charge in [0, 0.05) is 24.4 Å². The van der Waals surface area contributed by atoms with Gasteiger partial charge in [0.1, 0.15) is 0 Å². The van der Waals surface area contributed by atoms with Crippen LogP contribution < -0.4 is 0 Å². The average Bonchev–Trinajstić information content (AvgIpc) is 2.68. The number of aliphatic hydroxyl groups excluding tert-OH is 1. The molecule has 1 fully saturated rings. The van der Waals surface area contributed by atoms with Gasteiger partial charge in [-0.15, -0.1) is 0 Å². The molecule has 1 N–H and O–H groups in total. The maximum absolute atomic E-state index is 13.5. The fraction of sp³-hybridized carbons (Fsp3) is 0.571. The van der Waals surface area contributed by atoms with E-state index in [1.165, 1.54) is 17.9 Å². The summed E-state index contributed by atoms with van der Waals surface area (Å²) in [6.07, 6.45) is 0.645. The zero-order valence-corrected chi connectivity index (χ0v) is 11.6. The largest absolute Gasteiger partial charge is 0.388 e. The molecule has 2 rings (SSSR count). The lowest BCUT2D eigenvalue weighted by molar-refractivity contribution is 0.140. The molecule has 1 aliphatic rings. The second-order valence-corrected chi connectivity index (χ2v) is 5.98. The normalized spacial score (nSPS) is 19.1. The molecule has 0 radical (unpaired) electrons. The number of rotatable bonds is 4. The molecule has 1 aromatic rings. The van der Waals surface area contributed by atoms with Gasteiger partial charge >= 0.3 is 0 Å². The standard InChI is InChI=1S/C14H19F2NOS/c15-12-4-1-3-11(14(12)16)13(18)5-7-17-6-2-9-19-10-8-17/h1,3-4,13,18H,2,5-10H2. The Hall–Kier alpha value is -0.650. The van der Waals surface area contributed by atoms with Crippen LogP contribution in [0.15, 0.2) is 18.2 Å². The topological polar surface area (TPSA) is 23.5 Å². The van der Waals surface area contributed by atoms with E-state index in [1.54, 1.807) is 0 Å². The van der Waals surface area contributed by atoms with Crippen LogP contribution in [0.1, 0.15) is 24.5 Å². The number of benzene rings is 1. The zero-order chi connectivity index (χ0) is 13.7. The molecule has 2 nitrogen and oxygen atoms in total. The lowest BCUT2D eigenvalue weighted by Gasteiger charge is -2.21.